The van der Waals surface area contributed by atoms with Crippen LogP contribution in [0, 0.1) is 6.92 Å². The van der Waals surface area contributed by atoms with E-state index >= 15 is 0 Å². The summed E-state index contributed by atoms with van der Waals surface area (Å²) in [6.07, 6.45) is 4.54. The molecule has 0 unspecified atom stereocenters. The van der Waals surface area contributed by atoms with Crippen LogP contribution in [0.1, 0.15) is 55.9 Å². The Bertz CT molecular complexity index is 3450. The highest BCUT2D eigenvalue weighted by molar-refractivity contribution is 6.29. The summed E-state index contributed by atoms with van der Waals surface area (Å²) in [6, 6.07) is 61.9. The summed E-state index contributed by atoms with van der Waals surface area (Å²) in [4.78, 5) is 2.53. The van der Waals surface area contributed by atoms with Gasteiger partial charge in [-0.2, -0.15) is 0 Å². The second-order valence-corrected chi connectivity index (χ2v) is 17.2. The third kappa shape index (κ3) is 4.75. The summed E-state index contributed by atoms with van der Waals surface area (Å²) < 4.78 is 2.57. The zero-order chi connectivity index (χ0) is 39.6. The molecule has 2 heterocycles. The molecular weight excluding hydrogens is 713 g/mol. The predicted octanol–water partition coefficient (Wildman–Crippen LogP) is 15.8. The van der Waals surface area contributed by atoms with Crippen LogP contribution in [-0.4, -0.2) is 4.57 Å². The smallest absolute Gasteiger partial charge is 0.0561 e. The Morgan fingerprint density at radius 3 is 1.78 bits per heavy atom. The molecule has 10 aromatic rings. The standard InChI is InChI=1S/C57H44N2/c1-5-6-26-53-43-24-13-12-22-41(43)44-29-28-36(30-54(44)59(53)52-27-16-7-17-35(52)2)58-55-33-46-40-21-11-9-19-38(40)37-18-8-10-20-39(37)45(46)31-48(55)49-32-47-42-23-14-15-25-50(42)57(3,4)51(47)34-56(49)58/h7-34H,5-6H2,1-4H3/b53-26+. The first-order valence-corrected chi connectivity index (χ1v) is 21.2. The maximum absolute atomic E-state index is 2.57. The van der Waals surface area contributed by atoms with Crippen molar-refractivity contribution in [2.45, 2.75) is 46.0 Å². The van der Waals surface area contributed by atoms with Gasteiger partial charge in [-0.25, -0.2) is 0 Å². The molecule has 0 saturated carbocycles. The SMILES string of the molecule is CCC/C=C1\c2ccccc2-c2ccc(-n3c4cc5c(cc4c4cc6c7ccccc7c7ccccc7c6cc43)-c3ccccc3C5(C)C)cc2N1c1ccccc1C. The van der Waals surface area contributed by atoms with Crippen LogP contribution in [0.4, 0.5) is 11.4 Å². The Kier molecular flexibility index (Phi) is 7.27. The lowest BCUT2D eigenvalue weighted by Gasteiger charge is -2.36. The van der Waals surface area contributed by atoms with Crippen molar-refractivity contribution >= 4 is 71.2 Å². The molecule has 0 atom stereocenters. The van der Waals surface area contributed by atoms with Crippen molar-refractivity contribution in [3.05, 3.63) is 192 Å². The molecular formula is C57H44N2. The van der Waals surface area contributed by atoms with E-state index in [4.69, 9.17) is 0 Å². The molecule has 59 heavy (non-hydrogen) atoms. The van der Waals surface area contributed by atoms with Gasteiger partial charge in [-0.3, -0.25) is 0 Å². The molecule has 2 nitrogen and oxygen atoms in total. The van der Waals surface area contributed by atoms with Crippen LogP contribution < -0.4 is 4.90 Å². The topological polar surface area (TPSA) is 8.17 Å². The van der Waals surface area contributed by atoms with E-state index in [0.717, 1.165) is 18.5 Å². The summed E-state index contributed by atoms with van der Waals surface area (Å²) in [7, 11) is 0. The Balaban J connectivity index is 1.22. The summed E-state index contributed by atoms with van der Waals surface area (Å²) >= 11 is 0. The molecule has 0 spiro atoms. The molecule has 282 valence electrons. The fourth-order valence-electron chi connectivity index (χ4n) is 10.7. The minimum atomic E-state index is -0.126. The molecule has 0 bridgehead atoms. The number of allylic oxidation sites excluding steroid dienone is 1. The van der Waals surface area contributed by atoms with Crippen molar-refractivity contribution in [3.63, 3.8) is 0 Å². The van der Waals surface area contributed by atoms with Crippen LogP contribution in [0.5, 0.6) is 0 Å². The van der Waals surface area contributed by atoms with E-state index in [1.54, 1.807) is 0 Å². The second kappa shape index (κ2) is 12.5. The van der Waals surface area contributed by atoms with Gasteiger partial charge in [0.15, 0.2) is 0 Å². The highest BCUT2D eigenvalue weighted by atomic mass is 15.2. The monoisotopic (exact) mass is 756 g/mol. The van der Waals surface area contributed by atoms with Crippen LogP contribution in [-0.2, 0) is 5.41 Å². The van der Waals surface area contributed by atoms with Gasteiger partial charge >= 0.3 is 0 Å². The van der Waals surface area contributed by atoms with Crippen molar-refractivity contribution in [3.8, 4) is 27.9 Å². The van der Waals surface area contributed by atoms with Crippen LogP contribution in [0.25, 0.3) is 87.8 Å². The lowest BCUT2D eigenvalue weighted by Crippen LogP contribution is -2.21. The van der Waals surface area contributed by atoms with Crippen LogP contribution in [0.2, 0.25) is 0 Å². The van der Waals surface area contributed by atoms with Crippen LogP contribution in [0.15, 0.2) is 170 Å². The number of aromatic nitrogens is 1. The van der Waals surface area contributed by atoms with Crippen LogP contribution in [0.3, 0.4) is 0 Å². The summed E-state index contributed by atoms with van der Waals surface area (Å²) in [5.74, 6) is 0. The quantitative estimate of drug-likeness (QED) is 0.162. The molecule has 1 aromatic heterocycles. The van der Waals surface area contributed by atoms with E-state index in [0.29, 0.717) is 0 Å². The van der Waals surface area contributed by atoms with Gasteiger partial charge in [0.05, 0.1) is 22.4 Å². The molecule has 2 heteroatoms. The van der Waals surface area contributed by atoms with E-state index in [2.05, 4.69) is 207 Å². The van der Waals surface area contributed by atoms with E-state index in [-0.39, 0.29) is 5.41 Å². The number of anilines is 2. The fraction of sp³-hybridized carbons (Fsp3) is 0.123. The number of hydrogen-bond donors (Lipinski definition) is 0. The minimum Gasteiger partial charge on any atom is -0.309 e. The summed E-state index contributed by atoms with van der Waals surface area (Å²) in [5.41, 5.74) is 17.7. The third-order valence-corrected chi connectivity index (χ3v) is 13.5. The lowest BCUT2D eigenvalue weighted by atomic mass is 9.82. The predicted molar refractivity (Wildman–Crippen MR) is 253 cm³/mol. The third-order valence-electron chi connectivity index (χ3n) is 13.5. The molecule has 0 saturated heterocycles. The Labute approximate surface area is 345 Å². The van der Waals surface area contributed by atoms with Gasteiger partial charge in [0.1, 0.15) is 0 Å². The van der Waals surface area contributed by atoms with Crippen molar-refractivity contribution in [2.24, 2.45) is 0 Å². The zero-order valence-corrected chi connectivity index (χ0v) is 34.0. The van der Waals surface area contributed by atoms with E-state index in [1.165, 1.54) is 116 Å². The zero-order valence-electron chi connectivity index (χ0n) is 34.0. The summed E-state index contributed by atoms with van der Waals surface area (Å²) in [6.45, 7) is 9.29. The van der Waals surface area contributed by atoms with E-state index in [1.807, 2.05) is 0 Å². The van der Waals surface area contributed by atoms with Crippen molar-refractivity contribution < 1.29 is 0 Å². The van der Waals surface area contributed by atoms with Gasteiger partial charge < -0.3 is 9.47 Å². The van der Waals surface area contributed by atoms with E-state index < -0.39 is 0 Å². The first-order valence-electron chi connectivity index (χ1n) is 21.2. The maximum Gasteiger partial charge on any atom is 0.0561 e. The molecule has 1 aliphatic heterocycles. The second-order valence-electron chi connectivity index (χ2n) is 17.2. The molecule has 0 N–H and O–H groups in total. The molecule has 0 amide bonds. The fourth-order valence-corrected chi connectivity index (χ4v) is 10.7. The van der Waals surface area contributed by atoms with Gasteiger partial charge in [0.25, 0.3) is 0 Å². The van der Waals surface area contributed by atoms with Gasteiger partial charge in [-0.05, 0) is 122 Å². The molecule has 0 radical (unpaired) electrons. The Morgan fingerprint density at radius 2 is 1.05 bits per heavy atom. The number of para-hydroxylation sites is 1. The van der Waals surface area contributed by atoms with Crippen molar-refractivity contribution in [1.29, 1.82) is 0 Å². The maximum atomic E-state index is 2.57. The average molecular weight is 757 g/mol. The molecule has 0 fully saturated rings. The minimum absolute atomic E-state index is 0.126. The highest BCUT2D eigenvalue weighted by Gasteiger charge is 2.36. The molecule has 2 aliphatic rings. The molecule has 9 aromatic carbocycles. The normalized spacial score (nSPS) is 14.7. The first-order chi connectivity index (χ1) is 28.9. The van der Waals surface area contributed by atoms with E-state index in [9.17, 15) is 0 Å². The van der Waals surface area contributed by atoms with Crippen LogP contribution >= 0.6 is 0 Å². The number of rotatable bonds is 4. The molecule has 1 aliphatic carbocycles. The van der Waals surface area contributed by atoms with Gasteiger partial charge in [0, 0.05) is 38.7 Å². The highest BCUT2D eigenvalue weighted by Crippen LogP contribution is 2.53. The number of fused-ring (bicyclic) bond motifs is 15. The number of benzene rings is 9. The number of aryl methyl sites for hydroxylation is 1. The Hall–Kier alpha value is -6.90. The average Bonchev–Trinajstić information content (AvgIpc) is 3.71. The van der Waals surface area contributed by atoms with Gasteiger partial charge in [-0.1, -0.05) is 155 Å². The molecule has 12 rings (SSSR count). The van der Waals surface area contributed by atoms with Crippen molar-refractivity contribution in [1.82, 2.24) is 4.57 Å². The number of hydrogen-bond acceptors (Lipinski definition) is 1. The number of nitrogens with zero attached hydrogens (tertiary/aromatic N) is 2. The first kappa shape index (κ1) is 34.2. The van der Waals surface area contributed by atoms with Gasteiger partial charge in [0.2, 0.25) is 0 Å². The summed E-state index contributed by atoms with van der Waals surface area (Å²) in [5, 5.41) is 10.3. The largest absolute Gasteiger partial charge is 0.309 e. The van der Waals surface area contributed by atoms with Crippen molar-refractivity contribution in [2.75, 3.05) is 4.90 Å². The number of unbranched alkanes of at least 4 members (excludes halogenated alkanes) is 1. The lowest BCUT2D eigenvalue weighted by molar-refractivity contribution is 0.661. The van der Waals surface area contributed by atoms with Gasteiger partial charge in [-0.15, -0.1) is 0 Å². The Morgan fingerprint density at radius 1 is 0.458 bits per heavy atom.